The minimum Gasteiger partial charge on any atom is -0.463 e. The van der Waals surface area contributed by atoms with Gasteiger partial charge in [0.1, 0.15) is 17.1 Å². The molecule has 0 spiro atoms. The van der Waals surface area contributed by atoms with Crippen LogP contribution in [0.25, 0.3) is 5.69 Å². The van der Waals surface area contributed by atoms with Crippen molar-refractivity contribution in [1.82, 2.24) is 20.3 Å². The molecule has 0 aliphatic heterocycles. The van der Waals surface area contributed by atoms with Crippen LogP contribution in [0.1, 0.15) is 28.8 Å². The molecule has 3 rings (SSSR count). The Balaban J connectivity index is 1.64. The molecule has 1 aromatic carbocycles. The molecule has 2 aromatic heterocycles. The Bertz CT molecular complexity index is 820. The molecule has 2 N–H and O–H groups in total. The van der Waals surface area contributed by atoms with E-state index in [1.165, 1.54) is 0 Å². The zero-order valence-electron chi connectivity index (χ0n) is 13.4. The first-order valence-electron chi connectivity index (χ1n) is 7.50. The van der Waals surface area contributed by atoms with E-state index in [9.17, 15) is 9.90 Å². The Morgan fingerprint density at radius 3 is 2.62 bits per heavy atom. The Hall–Kier alpha value is -2.93. The lowest BCUT2D eigenvalue weighted by atomic mass is 10.0. The van der Waals surface area contributed by atoms with E-state index in [2.05, 4.69) is 15.6 Å². The summed E-state index contributed by atoms with van der Waals surface area (Å²) in [7, 11) is 0. The number of aromatic nitrogens is 3. The van der Waals surface area contributed by atoms with Crippen LogP contribution in [0.2, 0.25) is 0 Å². The summed E-state index contributed by atoms with van der Waals surface area (Å²) in [4.78, 5) is 12.2. The zero-order chi connectivity index (χ0) is 17.2. The molecule has 3 aromatic rings. The number of hydrogen-bond donors (Lipinski definition) is 2. The second kappa shape index (κ2) is 6.29. The lowest BCUT2D eigenvalue weighted by Crippen LogP contribution is -2.38. The Kier molecular flexibility index (Phi) is 4.18. The Morgan fingerprint density at radius 2 is 2.04 bits per heavy atom. The van der Waals surface area contributed by atoms with Crippen molar-refractivity contribution >= 4 is 5.91 Å². The van der Waals surface area contributed by atoms with Crippen molar-refractivity contribution < 1.29 is 14.3 Å². The number of aryl methyl sites for hydroxylation is 1. The average Bonchev–Trinajstić information content (AvgIpc) is 3.24. The van der Waals surface area contributed by atoms with Crippen molar-refractivity contribution in [1.29, 1.82) is 0 Å². The Morgan fingerprint density at radius 1 is 1.29 bits per heavy atom. The summed E-state index contributed by atoms with van der Waals surface area (Å²) in [5, 5.41) is 20.8. The molecule has 1 amide bonds. The molecular weight excluding hydrogens is 308 g/mol. The molecule has 124 valence electrons. The first-order chi connectivity index (χ1) is 11.5. The van der Waals surface area contributed by atoms with E-state index in [1.54, 1.807) is 67.3 Å². The van der Waals surface area contributed by atoms with Gasteiger partial charge >= 0.3 is 0 Å². The fourth-order valence-electron chi connectivity index (χ4n) is 2.28. The molecule has 24 heavy (non-hydrogen) atoms. The summed E-state index contributed by atoms with van der Waals surface area (Å²) in [6.07, 6.45) is 3.30. The van der Waals surface area contributed by atoms with Gasteiger partial charge in [0.2, 0.25) is 0 Å². The summed E-state index contributed by atoms with van der Waals surface area (Å²) in [6.45, 7) is 3.44. The second-order valence-corrected chi connectivity index (χ2v) is 5.76. The fourth-order valence-corrected chi connectivity index (χ4v) is 2.28. The van der Waals surface area contributed by atoms with E-state index in [0.717, 1.165) is 5.69 Å². The third kappa shape index (κ3) is 3.36. The van der Waals surface area contributed by atoms with Crippen LogP contribution in [0, 0.1) is 6.92 Å². The quantitative estimate of drug-likeness (QED) is 0.746. The van der Waals surface area contributed by atoms with E-state index >= 15 is 0 Å². The van der Waals surface area contributed by atoms with Crippen LogP contribution in [-0.4, -0.2) is 32.6 Å². The standard InChI is InChI=1S/C17H18N4O3/c1-12-3-8-15(24-12)17(2,23)11-18-16(22)13-4-6-14(7-5-13)21-10-9-19-20-21/h3-10,23H,11H2,1-2H3,(H,18,22). The largest absolute Gasteiger partial charge is 0.463 e. The van der Waals surface area contributed by atoms with Gasteiger partial charge in [-0.15, -0.1) is 5.10 Å². The third-order valence-corrected chi connectivity index (χ3v) is 3.68. The normalized spacial score (nSPS) is 13.5. The smallest absolute Gasteiger partial charge is 0.251 e. The number of carbonyl (C=O) groups excluding carboxylic acids is 1. The van der Waals surface area contributed by atoms with E-state index in [-0.39, 0.29) is 12.5 Å². The molecule has 0 saturated carbocycles. The van der Waals surface area contributed by atoms with Crippen molar-refractivity contribution in [3.8, 4) is 5.69 Å². The van der Waals surface area contributed by atoms with Gasteiger partial charge in [-0.05, 0) is 50.2 Å². The van der Waals surface area contributed by atoms with Crippen LogP contribution in [-0.2, 0) is 5.60 Å². The van der Waals surface area contributed by atoms with Gasteiger partial charge in [0.05, 0.1) is 24.6 Å². The van der Waals surface area contributed by atoms with E-state index in [4.69, 9.17) is 4.42 Å². The third-order valence-electron chi connectivity index (χ3n) is 3.68. The van der Waals surface area contributed by atoms with Crippen LogP contribution < -0.4 is 5.32 Å². The van der Waals surface area contributed by atoms with Gasteiger partial charge < -0.3 is 14.8 Å². The molecule has 7 nitrogen and oxygen atoms in total. The van der Waals surface area contributed by atoms with Crippen LogP contribution in [0.5, 0.6) is 0 Å². The molecule has 0 aliphatic rings. The van der Waals surface area contributed by atoms with Gasteiger partial charge in [-0.1, -0.05) is 5.21 Å². The minimum atomic E-state index is -1.27. The van der Waals surface area contributed by atoms with E-state index < -0.39 is 5.60 Å². The number of furan rings is 1. The average molecular weight is 326 g/mol. The van der Waals surface area contributed by atoms with Crippen LogP contribution in [0.4, 0.5) is 0 Å². The summed E-state index contributed by atoms with van der Waals surface area (Å²) in [5.74, 6) is 0.853. The highest BCUT2D eigenvalue weighted by molar-refractivity contribution is 5.94. The van der Waals surface area contributed by atoms with Gasteiger partial charge in [-0.2, -0.15) is 0 Å². The molecule has 1 atom stereocenters. The highest BCUT2D eigenvalue weighted by Crippen LogP contribution is 2.22. The van der Waals surface area contributed by atoms with E-state index in [0.29, 0.717) is 17.1 Å². The summed E-state index contributed by atoms with van der Waals surface area (Å²) >= 11 is 0. The maximum absolute atomic E-state index is 12.2. The van der Waals surface area contributed by atoms with Crippen LogP contribution in [0.15, 0.2) is 53.2 Å². The molecule has 0 radical (unpaired) electrons. The molecule has 0 fully saturated rings. The van der Waals surface area contributed by atoms with Crippen molar-refractivity contribution in [3.05, 3.63) is 65.9 Å². The van der Waals surface area contributed by atoms with Gasteiger partial charge in [0, 0.05) is 5.56 Å². The Labute approximate surface area is 138 Å². The van der Waals surface area contributed by atoms with Gasteiger partial charge in [0.25, 0.3) is 5.91 Å². The van der Waals surface area contributed by atoms with Crippen molar-refractivity contribution in [3.63, 3.8) is 0 Å². The van der Waals surface area contributed by atoms with Crippen LogP contribution in [0.3, 0.4) is 0 Å². The zero-order valence-corrected chi connectivity index (χ0v) is 13.4. The minimum absolute atomic E-state index is 0.0453. The van der Waals surface area contributed by atoms with Crippen molar-refractivity contribution in [2.45, 2.75) is 19.4 Å². The second-order valence-electron chi connectivity index (χ2n) is 5.76. The number of hydrogen-bond acceptors (Lipinski definition) is 5. The highest BCUT2D eigenvalue weighted by atomic mass is 16.4. The number of carbonyl (C=O) groups is 1. The predicted octanol–water partition coefficient (Wildman–Crippen LogP) is 1.81. The maximum Gasteiger partial charge on any atom is 0.251 e. The molecule has 0 aliphatic carbocycles. The first kappa shape index (κ1) is 15.9. The molecule has 2 heterocycles. The first-order valence-corrected chi connectivity index (χ1v) is 7.50. The molecule has 7 heteroatoms. The monoisotopic (exact) mass is 326 g/mol. The number of aliphatic hydroxyl groups is 1. The summed E-state index contributed by atoms with van der Waals surface area (Å²) in [6, 6.07) is 10.4. The maximum atomic E-state index is 12.2. The van der Waals surface area contributed by atoms with Crippen molar-refractivity contribution in [2.75, 3.05) is 6.54 Å². The number of nitrogens with zero attached hydrogens (tertiary/aromatic N) is 3. The van der Waals surface area contributed by atoms with Gasteiger partial charge in [0.15, 0.2) is 0 Å². The van der Waals surface area contributed by atoms with Gasteiger partial charge in [-0.3, -0.25) is 4.79 Å². The van der Waals surface area contributed by atoms with Gasteiger partial charge in [-0.25, -0.2) is 4.68 Å². The summed E-state index contributed by atoms with van der Waals surface area (Å²) in [5.41, 5.74) is 0.0253. The molecule has 0 bridgehead atoms. The molecular formula is C17H18N4O3. The molecule has 1 unspecified atom stereocenters. The number of benzene rings is 1. The van der Waals surface area contributed by atoms with Crippen molar-refractivity contribution in [2.24, 2.45) is 0 Å². The topological polar surface area (TPSA) is 93.2 Å². The highest BCUT2D eigenvalue weighted by Gasteiger charge is 2.27. The molecule has 0 saturated heterocycles. The fraction of sp³-hybridized carbons (Fsp3) is 0.235. The lowest BCUT2D eigenvalue weighted by Gasteiger charge is -2.21. The number of rotatable bonds is 5. The number of nitrogens with one attached hydrogen (secondary N) is 1. The van der Waals surface area contributed by atoms with Crippen LogP contribution >= 0.6 is 0 Å². The number of amides is 1. The predicted molar refractivity (Wildman–Crippen MR) is 86.7 cm³/mol. The SMILES string of the molecule is Cc1ccc(C(C)(O)CNC(=O)c2ccc(-n3ccnn3)cc2)o1. The summed E-state index contributed by atoms with van der Waals surface area (Å²) < 4.78 is 7.03. The lowest BCUT2D eigenvalue weighted by molar-refractivity contribution is 0.0323. The van der Waals surface area contributed by atoms with E-state index in [1.807, 2.05) is 0 Å².